The average molecular weight is 128 g/mol. The van der Waals surface area contributed by atoms with Crippen LogP contribution in [-0.2, 0) is 0 Å². The molecule has 0 bridgehead atoms. The van der Waals surface area contributed by atoms with Gasteiger partial charge in [-0.05, 0) is 11.8 Å². The summed E-state index contributed by atoms with van der Waals surface area (Å²) in [5.41, 5.74) is 5.69. The second-order valence-corrected chi connectivity index (χ2v) is 3.02. The molecule has 1 saturated heterocycles. The molecule has 0 aromatic carbocycles. The maximum atomic E-state index is 8.76. The van der Waals surface area contributed by atoms with E-state index in [0.717, 1.165) is 6.54 Å². The number of nitrogens with one attached hydrogen (secondary N) is 1. The first-order valence-electron chi connectivity index (χ1n) is 3.44. The molecule has 0 radical (unpaired) electrons. The van der Waals surface area contributed by atoms with Crippen LogP contribution < -0.4 is 11.1 Å². The number of aliphatic hydroxyl groups is 1. The van der Waals surface area contributed by atoms with E-state index in [1.807, 2.05) is 0 Å². The van der Waals surface area contributed by atoms with Crippen LogP contribution in [0.4, 0.5) is 0 Å². The molecule has 4 N–H and O–H groups in total. The van der Waals surface area contributed by atoms with Gasteiger partial charge in [0.05, 0.1) is 6.61 Å². The third-order valence-corrected chi connectivity index (χ3v) is 2.57. The van der Waals surface area contributed by atoms with E-state index < -0.39 is 0 Å². The maximum Gasteiger partial charge on any atom is 0.0588 e. The molecule has 2 rings (SSSR count). The Kier molecular flexibility index (Phi) is 1.06. The van der Waals surface area contributed by atoms with Crippen LogP contribution in [0, 0.1) is 11.8 Å². The van der Waals surface area contributed by atoms with Crippen molar-refractivity contribution in [2.24, 2.45) is 17.6 Å². The molecule has 0 amide bonds. The quantitative estimate of drug-likeness (QED) is 0.404. The summed E-state index contributed by atoms with van der Waals surface area (Å²) in [5, 5.41) is 12.0. The minimum atomic E-state index is 0.245. The van der Waals surface area contributed by atoms with Crippen molar-refractivity contribution in [1.29, 1.82) is 0 Å². The van der Waals surface area contributed by atoms with Crippen LogP contribution in [-0.4, -0.2) is 30.3 Å². The smallest absolute Gasteiger partial charge is 0.0588 e. The first-order chi connectivity index (χ1) is 4.34. The van der Waals surface area contributed by atoms with Crippen molar-refractivity contribution in [3.05, 3.63) is 0 Å². The molecular formula is C6H12N2O. The first-order valence-corrected chi connectivity index (χ1v) is 3.44. The maximum absolute atomic E-state index is 8.76. The van der Waals surface area contributed by atoms with Gasteiger partial charge in [0.2, 0.25) is 0 Å². The lowest BCUT2D eigenvalue weighted by Gasteiger charge is -2.09. The Balaban J connectivity index is 1.99. The van der Waals surface area contributed by atoms with Gasteiger partial charge in [-0.2, -0.15) is 0 Å². The number of hydrogen-bond donors (Lipinski definition) is 3. The van der Waals surface area contributed by atoms with Crippen molar-refractivity contribution in [3.63, 3.8) is 0 Å². The number of aliphatic hydroxyl groups excluding tert-OH is 1. The standard InChI is InChI=1S/C6H12N2O/c7-6-3-1-8-4(2-9)5(3)6/h3-6,8-9H,1-2,7H2/t3-,4+,5-,6+/m0/s1. The van der Waals surface area contributed by atoms with Gasteiger partial charge in [0, 0.05) is 18.6 Å². The van der Waals surface area contributed by atoms with Gasteiger partial charge < -0.3 is 16.2 Å². The van der Waals surface area contributed by atoms with Gasteiger partial charge in [-0.15, -0.1) is 0 Å². The van der Waals surface area contributed by atoms with Gasteiger partial charge >= 0.3 is 0 Å². The molecule has 52 valence electrons. The highest BCUT2D eigenvalue weighted by atomic mass is 16.3. The first kappa shape index (κ1) is 5.65. The average Bonchev–Trinajstić information content (AvgIpc) is 2.41. The zero-order valence-electron chi connectivity index (χ0n) is 5.25. The third kappa shape index (κ3) is 0.625. The number of fused-ring (bicyclic) bond motifs is 1. The normalized spacial score (nSPS) is 55.3. The van der Waals surface area contributed by atoms with Crippen LogP contribution in [0.1, 0.15) is 0 Å². The highest BCUT2D eigenvalue weighted by molar-refractivity contribution is 5.12. The highest BCUT2D eigenvalue weighted by Gasteiger charge is 2.55. The Morgan fingerprint density at radius 1 is 1.67 bits per heavy atom. The molecule has 3 nitrogen and oxygen atoms in total. The van der Waals surface area contributed by atoms with Gasteiger partial charge in [-0.3, -0.25) is 0 Å². The van der Waals surface area contributed by atoms with Gasteiger partial charge in [0.25, 0.3) is 0 Å². The molecule has 0 unspecified atom stereocenters. The predicted molar refractivity (Wildman–Crippen MR) is 33.8 cm³/mol. The summed E-state index contributed by atoms with van der Waals surface area (Å²) in [6, 6.07) is 0.674. The molecule has 1 aliphatic heterocycles. The van der Waals surface area contributed by atoms with E-state index in [0.29, 0.717) is 23.9 Å². The van der Waals surface area contributed by atoms with Crippen LogP contribution in [0.5, 0.6) is 0 Å². The van der Waals surface area contributed by atoms with E-state index in [-0.39, 0.29) is 6.61 Å². The van der Waals surface area contributed by atoms with Crippen LogP contribution in [0.3, 0.4) is 0 Å². The number of hydrogen-bond acceptors (Lipinski definition) is 3. The molecule has 1 saturated carbocycles. The fourth-order valence-corrected chi connectivity index (χ4v) is 1.88. The van der Waals surface area contributed by atoms with Crippen molar-refractivity contribution >= 4 is 0 Å². The lowest BCUT2D eigenvalue weighted by atomic mass is 10.2. The molecule has 9 heavy (non-hydrogen) atoms. The second kappa shape index (κ2) is 1.68. The summed E-state index contributed by atoms with van der Waals surface area (Å²) in [4.78, 5) is 0. The van der Waals surface area contributed by atoms with Gasteiger partial charge in [-0.1, -0.05) is 0 Å². The Labute approximate surface area is 54.2 Å². The summed E-state index contributed by atoms with van der Waals surface area (Å²) in [5.74, 6) is 1.25. The molecule has 1 heterocycles. The summed E-state index contributed by atoms with van der Waals surface area (Å²) < 4.78 is 0. The molecule has 0 aromatic rings. The fourth-order valence-electron chi connectivity index (χ4n) is 1.88. The highest BCUT2D eigenvalue weighted by Crippen LogP contribution is 2.43. The van der Waals surface area contributed by atoms with E-state index in [4.69, 9.17) is 10.8 Å². The van der Waals surface area contributed by atoms with Crippen molar-refractivity contribution in [1.82, 2.24) is 5.32 Å². The minimum Gasteiger partial charge on any atom is -0.395 e. The zero-order valence-corrected chi connectivity index (χ0v) is 5.25. The van der Waals surface area contributed by atoms with Crippen LogP contribution in [0.25, 0.3) is 0 Å². The van der Waals surface area contributed by atoms with Crippen LogP contribution in [0.2, 0.25) is 0 Å². The second-order valence-electron chi connectivity index (χ2n) is 3.02. The molecule has 2 aliphatic rings. The monoisotopic (exact) mass is 128 g/mol. The minimum absolute atomic E-state index is 0.245. The van der Waals surface area contributed by atoms with Crippen molar-refractivity contribution in [2.45, 2.75) is 12.1 Å². The summed E-state index contributed by atoms with van der Waals surface area (Å²) >= 11 is 0. The third-order valence-electron chi connectivity index (χ3n) is 2.57. The molecule has 4 atom stereocenters. The number of nitrogens with two attached hydrogens (primary N) is 1. The lowest BCUT2D eigenvalue weighted by molar-refractivity contribution is 0.240. The Morgan fingerprint density at radius 2 is 2.44 bits per heavy atom. The zero-order chi connectivity index (χ0) is 6.43. The van der Waals surface area contributed by atoms with Crippen molar-refractivity contribution < 1.29 is 5.11 Å². The topological polar surface area (TPSA) is 58.3 Å². The fraction of sp³-hybridized carbons (Fsp3) is 1.00. The van der Waals surface area contributed by atoms with Gasteiger partial charge in [0.1, 0.15) is 0 Å². The van der Waals surface area contributed by atoms with E-state index in [1.54, 1.807) is 0 Å². The van der Waals surface area contributed by atoms with E-state index >= 15 is 0 Å². The van der Waals surface area contributed by atoms with E-state index in [1.165, 1.54) is 0 Å². The molecule has 3 heteroatoms. The lowest BCUT2D eigenvalue weighted by Crippen LogP contribution is -2.34. The van der Waals surface area contributed by atoms with Crippen LogP contribution in [0.15, 0.2) is 0 Å². The summed E-state index contributed by atoms with van der Waals surface area (Å²) in [7, 11) is 0. The van der Waals surface area contributed by atoms with Gasteiger partial charge in [0.15, 0.2) is 0 Å². The van der Waals surface area contributed by atoms with Crippen molar-refractivity contribution in [2.75, 3.05) is 13.2 Å². The van der Waals surface area contributed by atoms with Gasteiger partial charge in [-0.25, -0.2) is 0 Å². The molecule has 0 aromatic heterocycles. The summed E-state index contributed by atoms with van der Waals surface area (Å²) in [6.45, 7) is 1.26. The van der Waals surface area contributed by atoms with E-state index in [9.17, 15) is 0 Å². The Morgan fingerprint density at radius 3 is 2.78 bits per heavy atom. The Hall–Kier alpha value is -0.120. The number of piperidine rings is 1. The SMILES string of the molecule is N[C@@H]1[C@H]2CN[C@H](CO)[C@@H]12. The predicted octanol–water partition coefficient (Wildman–Crippen LogP) is -1.48. The number of rotatable bonds is 1. The van der Waals surface area contributed by atoms with E-state index in [2.05, 4.69) is 5.32 Å². The molecule has 2 fully saturated rings. The summed E-state index contributed by atoms with van der Waals surface area (Å²) in [6.07, 6.45) is 0. The molecule has 1 aliphatic carbocycles. The largest absolute Gasteiger partial charge is 0.395 e. The molecular weight excluding hydrogens is 116 g/mol. The molecule has 0 spiro atoms. The van der Waals surface area contributed by atoms with Crippen molar-refractivity contribution in [3.8, 4) is 0 Å². The van der Waals surface area contributed by atoms with Crippen LogP contribution >= 0.6 is 0 Å². The Bertz CT molecular complexity index is 128.